The lowest BCUT2D eigenvalue weighted by molar-refractivity contribution is -0.116. The van der Waals surface area contributed by atoms with Crippen LogP contribution < -0.4 is 9.80 Å². The van der Waals surface area contributed by atoms with E-state index in [0.717, 1.165) is 41.3 Å². The highest BCUT2D eigenvalue weighted by Crippen LogP contribution is 2.48. The van der Waals surface area contributed by atoms with Gasteiger partial charge in [0.25, 0.3) is 0 Å². The molecule has 1 fully saturated rings. The first-order valence-electron chi connectivity index (χ1n) is 8.72. The quantitative estimate of drug-likeness (QED) is 0.924. The van der Waals surface area contributed by atoms with E-state index in [-0.39, 0.29) is 5.78 Å². The third-order valence-electron chi connectivity index (χ3n) is 4.86. The minimum atomic E-state index is -0.853. The fraction of sp³-hybridized carbons (Fsp3) is 0.421. The number of carbonyl (C=O) groups excluding carboxylic acids is 1. The van der Waals surface area contributed by atoms with E-state index in [1.165, 1.54) is 0 Å². The average Bonchev–Trinajstić information content (AvgIpc) is 3.42. The summed E-state index contributed by atoms with van der Waals surface area (Å²) >= 11 is 0. The van der Waals surface area contributed by atoms with Crippen molar-refractivity contribution in [3.8, 4) is 0 Å². The predicted octanol–water partition coefficient (Wildman–Crippen LogP) is 2.88. The van der Waals surface area contributed by atoms with Crippen LogP contribution in [-0.4, -0.2) is 33.4 Å². The molecule has 3 heterocycles. The van der Waals surface area contributed by atoms with Crippen LogP contribution in [0.3, 0.4) is 0 Å². The third kappa shape index (κ3) is 2.76. The molecule has 25 heavy (non-hydrogen) atoms. The van der Waals surface area contributed by atoms with Gasteiger partial charge in [-0.05, 0) is 50.5 Å². The van der Waals surface area contributed by atoms with Gasteiger partial charge in [-0.3, -0.25) is 4.79 Å². The number of anilines is 3. The number of aromatic nitrogens is 2. The summed E-state index contributed by atoms with van der Waals surface area (Å²) in [5.74, 6) is 1.69. The normalized spacial score (nSPS) is 19.2. The molecule has 2 aromatic heterocycles. The van der Waals surface area contributed by atoms with Crippen molar-refractivity contribution in [3.63, 3.8) is 0 Å². The molecule has 130 valence electrons. The molecule has 4 rings (SSSR count). The summed E-state index contributed by atoms with van der Waals surface area (Å²) in [4.78, 5) is 24.8. The number of hydrogen-bond acceptors (Lipinski definition) is 6. The number of hydrogen-bond donors (Lipinski definition) is 1. The summed E-state index contributed by atoms with van der Waals surface area (Å²) in [6.07, 6.45) is 5.26. The molecule has 1 N–H and O–H groups in total. The number of Topliss-reactive ketones (excluding diaryl/α,β-unsaturated/α-hetero) is 1. The van der Waals surface area contributed by atoms with Crippen molar-refractivity contribution in [2.24, 2.45) is 0 Å². The number of ketones is 1. The van der Waals surface area contributed by atoms with Crippen LogP contribution in [0.2, 0.25) is 0 Å². The minimum absolute atomic E-state index is 0.102. The fourth-order valence-corrected chi connectivity index (χ4v) is 3.46. The molecule has 0 spiro atoms. The Balaban J connectivity index is 1.92. The van der Waals surface area contributed by atoms with Crippen LogP contribution in [0, 0.1) is 6.92 Å². The van der Waals surface area contributed by atoms with Gasteiger partial charge in [-0.2, -0.15) is 0 Å². The highest BCUT2D eigenvalue weighted by Gasteiger charge is 2.40. The zero-order valence-electron chi connectivity index (χ0n) is 14.5. The molecule has 2 aliphatic rings. The van der Waals surface area contributed by atoms with E-state index in [0.29, 0.717) is 19.0 Å². The summed E-state index contributed by atoms with van der Waals surface area (Å²) in [6, 6.07) is 6.05. The van der Waals surface area contributed by atoms with Crippen LogP contribution in [0.15, 0.2) is 30.6 Å². The van der Waals surface area contributed by atoms with Crippen LogP contribution in [0.1, 0.15) is 43.5 Å². The lowest BCUT2D eigenvalue weighted by Crippen LogP contribution is -2.31. The van der Waals surface area contributed by atoms with Gasteiger partial charge < -0.3 is 14.9 Å². The van der Waals surface area contributed by atoms with Gasteiger partial charge in [0, 0.05) is 37.0 Å². The molecule has 6 nitrogen and oxygen atoms in total. The molecule has 0 bridgehead atoms. The lowest BCUT2D eigenvalue weighted by atomic mass is 10.1. The first-order valence-corrected chi connectivity index (χ1v) is 8.72. The van der Waals surface area contributed by atoms with Crippen molar-refractivity contribution in [2.75, 3.05) is 16.3 Å². The van der Waals surface area contributed by atoms with Crippen molar-refractivity contribution >= 4 is 23.1 Å². The van der Waals surface area contributed by atoms with Crippen LogP contribution in [-0.2, 0) is 4.79 Å². The maximum absolute atomic E-state index is 11.6. The second-order valence-corrected chi connectivity index (χ2v) is 6.84. The first kappa shape index (κ1) is 16.0. The van der Waals surface area contributed by atoms with Gasteiger partial charge in [0.1, 0.15) is 11.6 Å². The molecule has 1 unspecified atom stereocenters. The molecule has 0 aromatic carbocycles. The maximum Gasteiger partial charge on any atom is 0.158 e. The number of aryl methyl sites for hydroxylation is 1. The number of aliphatic hydroxyl groups excluding tert-OH is 1. The van der Waals surface area contributed by atoms with E-state index < -0.39 is 6.23 Å². The van der Waals surface area contributed by atoms with Crippen molar-refractivity contribution in [1.82, 2.24) is 9.97 Å². The molecule has 6 heteroatoms. The third-order valence-corrected chi connectivity index (χ3v) is 4.86. The Labute approximate surface area is 147 Å². The van der Waals surface area contributed by atoms with Gasteiger partial charge >= 0.3 is 0 Å². The zero-order chi connectivity index (χ0) is 17.6. The number of rotatable bonds is 4. The van der Waals surface area contributed by atoms with E-state index >= 15 is 0 Å². The maximum atomic E-state index is 11.6. The van der Waals surface area contributed by atoms with Crippen molar-refractivity contribution in [3.05, 3.63) is 41.7 Å². The summed E-state index contributed by atoms with van der Waals surface area (Å²) in [6.45, 7) is 4.04. The lowest BCUT2D eigenvalue weighted by Gasteiger charge is -2.30. The highest BCUT2D eigenvalue weighted by molar-refractivity contribution is 5.81. The van der Waals surface area contributed by atoms with Crippen molar-refractivity contribution in [1.29, 1.82) is 0 Å². The van der Waals surface area contributed by atoms with E-state index in [2.05, 4.69) is 14.9 Å². The molecule has 1 atom stereocenters. The summed E-state index contributed by atoms with van der Waals surface area (Å²) < 4.78 is 0. The van der Waals surface area contributed by atoms with Gasteiger partial charge in [0.2, 0.25) is 0 Å². The van der Waals surface area contributed by atoms with Crippen molar-refractivity contribution < 1.29 is 9.90 Å². The Morgan fingerprint density at radius 1 is 1.24 bits per heavy atom. The Bertz CT molecular complexity index is 819. The fourth-order valence-electron chi connectivity index (χ4n) is 3.46. The number of aliphatic hydroxyl groups is 1. The highest BCUT2D eigenvalue weighted by atomic mass is 16.3. The Morgan fingerprint density at radius 3 is 2.72 bits per heavy atom. The van der Waals surface area contributed by atoms with E-state index in [9.17, 15) is 9.90 Å². The number of pyridine rings is 2. The molecular formula is C19H22N4O2. The monoisotopic (exact) mass is 338 g/mol. The standard InChI is InChI=1S/C19H22N4O2/c1-12-7-10-21-18-16(12)22(11-8-13(2)24)19(25)15-4-3-9-20-17(15)23(18)14-5-6-14/h3-4,7,9-10,14,19,25H,5-6,8,11H2,1-2H3. The number of nitrogens with zero attached hydrogens (tertiary/aromatic N) is 4. The number of carbonyl (C=O) groups is 1. The number of fused-ring (bicyclic) bond motifs is 2. The van der Waals surface area contributed by atoms with Crippen LogP contribution in [0.5, 0.6) is 0 Å². The largest absolute Gasteiger partial charge is 0.369 e. The SMILES string of the molecule is CC(=O)CCN1c2c(C)ccnc2N(C2CC2)c2ncccc2C1O. The van der Waals surface area contributed by atoms with Crippen LogP contribution in [0.4, 0.5) is 17.3 Å². The zero-order valence-corrected chi connectivity index (χ0v) is 14.5. The Morgan fingerprint density at radius 2 is 2.00 bits per heavy atom. The van der Waals surface area contributed by atoms with Crippen LogP contribution >= 0.6 is 0 Å². The molecule has 1 aliphatic carbocycles. The Hall–Kier alpha value is -2.47. The van der Waals surface area contributed by atoms with Crippen LogP contribution in [0.25, 0.3) is 0 Å². The van der Waals surface area contributed by atoms with Gasteiger partial charge in [-0.15, -0.1) is 0 Å². The molecule has 0 saturated heterocycles. The summed E-state index contributed by atoms with van der Waals surface area (Å²) in [5, 5.41) is 11.1. The average molecular weight is 338 g/mol. The molecule has 2 aromatic rings. The second kappa shape index (κ2) is 6.11. The Kier molecular flexibility index (Phi) is 3.92. The predicted molar refractivity (Wildman–Crippen MR) is 96.0 cm³/mol. The molecule has 1 aliphatic heterocycles. The van der Waals surface area contributed by atoms with Gasteiger partial charge in [-0.25, -0.2) is 9.97 Å². The molecular weight excluding hydrogens is 316 g/mol. The summed E-state index contributed by atoms with van der Waals surface area (Å²) in [7, 11) is 0. The van der Waals surface area contributed by atoms with E-state index in [1.54, 1.807) is 19.3 Å². The molecule has 1 saturated carbocycles. The molecule has 0 radical (unpaired) electrons. The minimum Gasteiger partial charge on any atom is -0.369 e. The van der Waals surface area contributed by atoms with Crippen molar-refractivity contribution in [2.45, 2.75) is 45.4 Å². The van der Waals surface area contributed by atoms with Gasteiger partial charge in [0.05, 0.1) is 5.69 Å². The smallest absolute Gasteiger partial charge is 0.158 e. The summed E-state index contributed by atoms with van der Waals surface area (Å²) in [5.41, 5.74) is 2.68. The second-order valence-electron chi connectivity index (χ2n) is 6.84. The van der Waals surface area contributed by atoms with Gasteiger partial charge in [0.15, 0.2) is 12.0 Å². The molecule has 0 amide bonds. The van der Waals surface area contributed by atoms with E-state index in [4.69, 9.17) is 0 Å². The van der Waals surface area contributed by atoms with Gasteiger partial charge in [-0.1, -0.05) is 0 Å². The first-order chi connectivity index (χ1) is 12.1. The topological polar surface area (TPSA) is 69.6 Å². The van der Waals surface area contributed by atoms with E-state index in [1.807, 2.05) is 30.0 Å².